The van der Waals surface area contributed by atoms with E-state index < -0.39 is 11.4 Å². The van der Waals surface area contributed by atoms with Crippen LogP contribution < -0.4 is 0 Å². The number of aliphatic carboxylic acids is 1. The second-order valence-electron chi connectivity index (χ2n) is 5.54. The Morgan fingerprint density at radius 3 is 2.52 bits per heavy atom. The lowest BCUT2D eigenvalue weighted by Crippen LogP contribution is -2.36. The van der Waals surface area contributed by atoms with E-state index in [1.807, 2.05) is 37.4 Å². The summed E-state index contributed by atoms with van der Waals surface area (Å²) in [4.78, 5) is 26.8. The minimum atomic E-state index is -0.780. The molecule has 0 radical (unpaired) electrons. The Balaban J connectivity index is 2.12. The van der Waals surface area contributed by atoms with Crippen LogP contribution in [0.3, 0.4) is 0 Å². The minimum Gasteiger partial charge on any atom is -0.481 e. The van der Waals surface area contributed by atoms with Gasteiger partial charge in [-0.15, -0.1) is 11.8 Å². The zero-order chi connectivity index (χ0) is 15.5. The molecule has 1 amide bonds. The molecule has 0 saturated carbocycles. The Morgan fingerprint density at radius 2 is 2.00 bits per heavy atom. The van der Waals surface area contributed by atoms with Gasteiger partial charge in [-0.25, -0.2) is 0 Å². The Labute approximate surface area is 129 Å². The topological polar surface area (TPSA) is 57.6 Å². The predicted octanol–water partition coefficient (Wildman–Crippen LogP) is 3.13. The van der Waals surface area contributed by atoms with Crippen LogP contribution in [0.15, 0.2) is 29.2 Å². The molecule has 1 aromatic carbocycles. The molecule has 1 fully saturated rings. The molecule has 1 saturated heterocycles. The molecule has 0 spiro atoms. The lowest BCUT2D eigenvalue weighted by Gasteiger charge is -2.24. The van der Waals surface area contributed by atoms with E-state index in [1.54, 1.807) is 16.7 Å². The van der Waals surface area contributed by atoms with Crippen LogP contribution in [0.4, 0.5) is 0 Å². The fourth-order valence-electron chi connectivity index (χ4n) is 2.93. The molecular weight excluding hydrogens is 286 g/mol. The molecule has 1 N–H and O–H groups in total. The van der Waals surface area contributed by atoms with Crippen molar-refractivity contribution in [2.45, 2.75) is 31.1 Å². The molecule has 21 heavy (non-hydrogen) atoms. The van der Waals surface area contributed by atoms with E-state index in [0.29, 0.717) is 31.5 Å². The number of likely N-dealkylation sites (tertiary alicyclic amines) is 1. The third-order valence-corrected chi connectivity index (χ3v) is 4.90. The van der Waals surface area contributed by atoms with E-state index in [9.17, 15) is 14.7 Å². The fourth-order valence-corrected chi connectivity index (χ4v) is 3.33. The van der Waals surface area contributed by atoms with Gasteiger partial charge in [-0.05, 0) is 43.4 Å². The number of carbonyl (C=O) groups excluding carboxylic acids is 1. The van der Waals surface area contributed by atoms with Gasteiger partial charge in [0.25, 0.3) is 5.91 Å². The summed E-state index contributed by atoms with van der Waals surface area (Å²) in [6.07, 6.45) is 3.97. The van der Waals surface area contributed by atoms with E-state index >= 15 is 0 Å². The predicted molar refractivity (Wildman–Crippen MR) is 83.7 cm³/mol. The molecular formula is C16H21NO3S. The Kier molecular flexibility index (Phi) is 4.93. The summed E-state index contributed by atoms with van der Waals surface area (Å²) in [5.41, 5.74) is -0.130. The quantitative estimate of drug-likeness (QED) is 0.849. The highest BCUT2D eigenvalue weighted by atomic mass is 32.2. The number of rotatable bonds is 5. The van der Waals surface area contributed by atoms with Crippen LogP contribution in [0.1, 0.15) is 36.5 Å². The van der Waals surface area contributed by atoms with Gasteiger partial charge in [0.15, 0.2) is 0 Å². The van der Waals surface area contributed by atoms with E-state index in [1.165, 1.54) is 0 Å². The van der Waals surface area contributed by atoms with Gasteiger partial charge in [0.1, 0.15) is 0 Å². The Bertz CT molecular complexity index is 529. The van der Waals surface area contributed by atoms with Gasteiger partial charge in [-0.1, -0.05) is 13.3 Å². The largest absolute Gasteiger partial charge is 0.481 e. The third-order valence-electron chi connectivity index (χ3n) is 4.16. The highest BCUT2D eigenvalue weighted by molar-refractivity contribution is 7.98. The molecule has 1 atom stereocenters. The van der Waals surface area contributed by atoms with Crippen molar-refractivity contribution in [2.75, 3.05) is 19.3 Å². The highest BCUT2D eigenvalue weighted by Gasteiger charge is 2.45. The summed E-state index contributed by atoms with van der Waals surface area (Å²) in [5, 5.41) is 9.49. The smallest absolute Gasteiger partial charge is 0.311 e. The monoisotopic (exact) mass is 307 g/mol. The van der Waals surface area contributed by atoms with Crippen LogP contribution in [0.2, 0.25) is 0 Å². The molecule has 0 bridgehead atoms. The number of benzene rings is 1. The molecule has 0 aliphatic carbocycles. The lowest BCUT2D eigenvalue weighted by atomic mass is 9.83. The second kappa shape index (κ2) is 6.52. The first-order valence-electron chi connectivity index (χ1n) is 7.19. The number of hydrogen-bond acceptors (Lipinski definition) is 3. The minimum absolute atomic E-state index is 0.0677. The SMILES string of the molecule is CCCC1(C(=O)O)CCN(C(=O)c2ccc(SC)cc2)C1. The van der Waals surface area contributed by atoms with Crippen molar-refractivity contribution >= 4 is 23.6 Å². The molecule has 2 rings (SSSR count). The van der Waals surface area contributed by atoms with E-state index in [4.69, 9.17) is 0 Å². The molecule has 1 aliphatic heterocycles. The summed E-state index contributed by atoms with van der Waals surface area (Å²) in [6, 6.07) is 7.47. The van der Waals surface area contributed by atoms with Crippen molar-refractivity contribution in [1.82, 2.24) is 4.90 Å². The van der Waals surface area contributed by atoms with Gasteiger partial charge in [0.2, 0.25) is 0 Å². The maximum Gasteiger partial charge on any atom is 0.311 e. The van der Waals surface area contributed by atoms with Crippen LogP contribution in [0.5, 0.6) is 0 Å². The summed E-state index contributed by atoms with van der Waals surface area (Å²) in [7, 11) is 0. The average Bonchev–Trinajstić information content (AvgIpc) is 2.93. The van der Waals surface area contributed by atoms with Gasteiger partial charge in [0, 0.05) is 23.5 Å². The number of thioether (sulfide) groups is 1. The van der Waals surface area contributed by atoms with Crippen molar-refractivity contribution in [3.05, 3.63) is 29.8 Å². The standard InChI is InChI=1S/C16H21NO3S/c1-3-8-16(15(19)20)9-10-17(11-16)14(18)12-4-6-13(21-2)7-5-12/h4-7H,3,8-11H2,1-2H3,(H,19,20). The molecule has 1 aliphatic rings. The summed E-state index contributed by atoms with van der Waals surface area (Å²) in [5.74, 6) is -0.848. The summed E-state index contributed by atoms with van der Waals surface area (Å²) >= 11 is 1.63. The van der Waals surface area contributed by atoms with Crippen molar-refractivity contribution < 1.29 is 14.7 Å². The van der Waals surface area contributed by atoms with Crippen LogP contribution in [0, 0.1) is 5.41 Å². The summed E-state index contributed by atoms with van der Waals surface area (Å²) < 4.78 is 0. The molecule has 114 valence electrons. The van der Waals surface area contributed by atoms with Crippen molar-refractivity contribution in [2.24, 2.45) is 5.41 Å². The normalized spacial score (nSPS) is 21.5. The average molecular weight is 307 g/mol. The Hall–Kier alpha value is -1.49. The van der Waals surface area contributed by atoms with Crippen LogP contribution >= 0.6 is 11.8 Å². The first-order chi connectivity index (χ1) is 10.0. The third kappa shape index (κ3) is 3.23. The number of hydrogen-bond donors (Lipinski definition) is 1. The number of carboxylic acid groups (broad SMARTS) is 1. The highest BCUT2D eigenvalue weighted by Crippen LogP contribution is 2.36. The second-order valence-corrected chi connectivity index (χ2v) is 6.42. The molecule has 1 aromatic rings. The molecule has 5 heteroatoms. The van der Waals surface area contributed by atoms with E-state index in [0.717, 1.165) is 11.3 Å². The number of nitrogens with zero attached hydrogens (tertiary/aromatic N) is 1. The Morgan fingerprint density at radius 1 is 1.33 bits per heavy atom. The molecule has 1 unspecified atom stereocenters. The number of amides is 1. The maximum atomic E-state index is 12.5. The van der Waals surface area contributed by atoms with Gasteiger partial charge in [-0.2, -0.15) is 0 Å². The van der Waals surface area contributed by atoms with Crippen LogP contribution in [0.25, 0.3) is 0 Å². The first kappa shape index (κ1) is 15.9. The van der Waals surface area contributed by atoms with Crippen molar-refractivity contribution in [3.8, 4) is 0 Å². The van der Waals surface area contributed by atoms with E-state index in [-0.39, 0.29) is 5.91 Å². The van der Waals surface area contributed by atoms with Crippen molar-refractivity contribution in [1.29, 1.82) is 0 Å². The maximum absolute atomic E-state index is 12.5. The first-order valence-corrected chi connectivity index (χ1v) is 8.41. The molecule has 1 heterocycles. The summed E-state index contributed by atoms with van der Waals surface area (Å²) in [6.45, 7) is 2.82. The molecule has 0 aromatic heterocycles. The van der Waals surface area contributed by atoms with Gasteiger partial charge >= 0.3 is 5.97 Å². The van der Waals surface area contributed by atoms with Crippen LogP contribution in [-0.4, -0.2) is 41.2 Å². The van der Waals surface area contributed by atoms with Gasteiger partial charge in [-0.3, -0.25) is 9.59 Å². The zero-order valence-electron chi connectivity index (χ0n) is 12.5. The van der Waals surface area contributed by atoms with Gasteiger partial charge in [0.05, 0.1) is 5.41 Å². The van der Waals surface area contributed by atoms with E-state index in [2.05, 4.69) is 0 Å². The van der Waals surface area contributed by atoms with Crippen LogP contribution in [-0.2, 0) is 4.79 Å². The fraction of sp³-hybridized carbons (Fsp3) is 0.500. The lowest BCUT2D eigenvalue weighted by molar-refractivity contribution is -0.148. The number of carbonyl (C=O) groups is 2. The number of carboxylic acids is 1. The van der Waals surface area contributed by atoms with Crippen molar-refractivity contribution in [3.63, 3.8) is 0 Å². The zero-order valence-corrected chi connectivity index (χ0v) is 13.3. The van der Waals surface area contributed by atoms with Gasteiger partial charge < -0.3 is 10.0 Å². The molecule has 4 nitrogen and oxygen atoms in total.